The highest BCUT2D eigenvalue weighted by molar-refractivity contribution is 7.88. The smallest absolute Gasteiger partial charge is 0.374 e. The van der Waals surface area contributed by atoms with Crippen molar-refractivity contribution in [2.45, 2.75) is 5.51 Å². The van der Waals surface area contributed by atoms with Crippen LogP contribution >= 0.6 is 0 Å². The van der Waals surface area contributed by atoms with E-state index in [4.69, 9.17) is 0 Å². The maximum absolute atomic E-state index is 13.1. The van der Waals surface area contributed by atoms with Crippen molar-refractivity contribution in [1.82, 2.24) is 19.9 Å². The summed E-state index contributed by atoms with van der Waals surface area (Å²) in [5, 5.41) is 0. The van der Waals surface area contributed by atoms with Crippen molar-refractivity contribution < 1.29 is 25.8 Å². The average Bonchev–Trinajstić information content (AvgIpc) is 3.64. The van der Waals surface area contributed by atoms with Crippen molar-refractivity contribution in [3.05, 3.63) is 89.5 Å². The topological polar surface area (TPSA) is 101 Å². The van der Waals surface area contributed by atoms with E-state index < -0.39 is 21.4 Å². The van der Waals surface area contributed by atoms with E-state index in [0.717, 1.165) is 11.1 Å². The normalized spacial score (nSPS) is 13.1. The van der Waals surface area contributed by atoms with Gasteiger partial charge in [0.05, 0.1) is 28.3 Å². The fourth-order valence-electron chi connectivity index (χ4n) is 4.16. The zero-order valence-corrected chi connectivity index (χ0v) is 20.1. The molecule has 5 heterocycles. The highest BCUT2D eigenvalue weighted by Crippen LogP contribution is 2.32. The number of H-pyrrole nitrogens is 2. The third-order valence-corrected chi connectivity index (χ3v) is 6.79. The molecule has 4 aromatic rings. The number of fused-ring (bicyclic) bond motifs is 8. The maximum atomic E-state index is 13.1. The molecule has 3 aromatic heterocycles. The Morgan fingerprint density at radius 3 is 1.92 bits per heavy atom. The van der Waals surface area contributed by atoms with Gasteiger partial charge in [-0.25, -0.2) is 9.97 Å². The van der Waals surface area contributed by atoms with Gasteiger partial charge in [0.2, 0.25) is 0 Å². The third kappa shape index (κ3) is 4.59. The summed E-state index contributed by atoms with van der Waals surface area (Å²) in [6, 6.07) is 19.2. The van der Waals surface area contributed by atoms with Crippen LogP contribution in [-0.4, -0.2) is 33.9 Å². The lowest BCUT2D eigenvalue weighted by Gasteiger charge is -2.07. The van der Waals surface area contributed by atoms with Gasteiger partial charge in [-0.2, -0.15) is 21.6 Å². The second-order valence-corrected chi connectivity index (χ2v) is 10.1. The summed E-state index contributed by atoms with van der Waals surface area (Å²) < 4.78 is 67.4. The Morgan fingerprint density at radius 1 is 0.684 bits per heavy atom. The molecule has 7 nitrogen and oxygen atoms in total. The molecule has 0 spiro atoms. The van der Waals surface area contributed by atoms with Gasteiger partial charge in [-0.1, -0.05) is 30.3 Å². The summed E-state index contributed by atoms with van der Waals surface area (Å²) in [4.78, 5) is 15.3. The van der Waals surface area contributed by atoms with Gasteiger partial charge >= 0.3 is 15.6 Å². The lowest BCUT2D eigenvalue weighted by Crippen LogP contribution is -2.27. The number of aromatic amines is 2. The monoisotopic (exact) mass is 534 g/mol. The van der Waals surface area contributed by atoms with Crippen LogP contribution < -0.4 is 4.18 Å². The van der Waals surface area contributed by atoms with Gasteiger partial charge < -0.3 is 14.2 Å². The van der Waals surface area contributed by atoms with Crippen LogP contribution in [-0.2, 0) is 10.1 Å². The number of rotatable bonds is 3. The molecule has 0 saturated carbocycles. The Balaban J connectivity index is 1.66. The highest BCUT2D eigenvalue weighted by atomic mass is 32.2. The highest BCUT2D eigenvalue weighted by Gasteiger charge is 2.48. The van der Waals surface area contributed by atoms with E-state index in [1.807, 2.05) is 54.6 Å². The van der Waals surface area contributed by atoms with Crippen molar-refractivity contribution in [2.24, 2.45) is 0 Å². The first-order valence-corrected chi connectivity index (χ1v) is 12.7. The standard InChI is InChI=1S/C27H17F3N4O3S/c28-27(29,30)38(35,36)37-26-15-21-11-19-7-6-17(31-19)10-18-8-9-20(32-18)13-24-23(16-4-2-1-3-5-16)12-22(33-24)14-25(26)34-21/h1-15,33-34H. The molecule has 1 aromatic carbocycles. The molecule has 2 aliphatic rings. The van der Waals surface area contributed by atoms with E-state index in [2.05, 4.69) is 24.1 Å². The zero-order chi connectivity index (χ0) is 26.5. The number of aromatic nitrogens is 4. The van der Waals surface area contributed by atoms with Crippen molar-refractivity contribution in [3.63, 3.8) is 0 Å². The van der Waals surface area contributed by atoms with Gasteiger partial charge in [-0.05, 0) is 60.2 Å². The van der Waals surface area contributed by atoms with Crippen LogP contribution in [0.25, 0.3) is 57.5 Å². The second-order valence-electron chi connectivity index (χ2n) is 8.57. The van der Waals surface area contributed by atoms with Crippen LogP contribution in [0.5, 0.6) is 5.75 Å². The largest absolute Gasteiger partial charge is 0.534 e. The molecule has 0 atom stereocenters. The van der Waals surface area contributed by atoms with Gasteiger partial charge in [0, 0.05) is 28.2 Å². The first-order valence-electron chi connectivity index (χ1n) is 11.3. The van der Waals surface area contributed by atoms with E-state index in [9.17, 15) is 21.6 Å². The van der Waals surface area contributed by atoms with Crippen LogP contribution in [0.1, 0.15) is 22.8 Å². The molecule has 0 saturated heterocycles. The summed E-state index contributed by atoms with van der Waals surface area (Å²) in [5.41, 5.74) is 0.204. The van der Waals surface area contributed by atoms with Crippen molar-refractivity contribution in [1.29, 1.82) is 0 Å². The molecule has 0 unspecified atom stereocenters. The molecule has 11 heteroatoms. The van der Waals surface area contributed by atoms with Crippen molar-refractivity contribution >= 4 is 56.5 Å². The molecule has 0 amide bonds. The SMILES string of the molecule is O=S(=O)(Oc1cc2cc3nc(cc4nc(cc5[nH]c(cc5-c5ccccc5)cc1[nH]2)C=C4)C=C3)C(F)(F)F. The number of alkyl halides is 3. The van der Waals surface area contributed by atoms with Gasteiger partial charge in [0.1, 0.15) is 0 Å². The summed E-state index contributed by atoms with van der Waals surface area (Å²) in [6.45, 7) is 0. The van der Waals surface area contributed by atoms with Gasteiger partial charge in [0.25, 0.3) is 0 Å². The van der Waals surface area contributed by atoms with Crippen LogP contribution in [0.2, 0.25) is 0 Å². The Hall–Kier alpha value is -4.64. The van der Waals surface area contributed by atoms with E-state index in [-0.39, 0.29) is 5.52 Å². The molecule has 6 rings (SSSR count). The summed E-state index contributed by atoms with van der Waals surface area (Å²) in [7, 11) is -5.89. The number of nitrogens with one attached hydrogen (secondary N) is 2. The number of benzene rings is 1. The van der Waals surface area contributed by atoms with E-state index in [1.54, 1.807) is 24.3 Å². The lowest BCUT2D eigenvalue weighted by molar-refractivity contribution is -0.0499. The first kappa shape index (κ1) is 23.7. The van der Waals surface area contributed by atoms with E-state index in [0.29, 0.717) is 39.3 Å². The van der Waals surface area contributed by atoms with Crippen LogP contribution in [0, 0.1) is 0 Å². The molecule has 0 aliphatic carbocycles. The minimum Gasteiger partial charge on any atom is -0.374 e. The molecule has 190 valence electrons. The molecule has 38 heavy (non-hydrogen) atoms. The molecule has 2 N–H and O–H groups in total. The number of halogens is 3. The predicted octanol–water partition coefficient (Wildman–Crippen LogP) is 6.55. The van der Waals surface area contributed by atoms with Crippen LogP contribution in [0.3, 0.4) is 0 Å². The Kier molecular flexibility index (Phi) is 5.46. The molecule has 2 aliphatic heterocycles. The molecule has 8 bridgehead atoms. The van der Waals surface area contributed by atoms with Gasteiger partial charge in [-0.15, -0.1) is 0 Å². The number of nitrogens with zero attached hydrogens (tertiary/aromatic N) is 2. The maximum Gasteiger partial charge on any atom is 0.534 e. The first-order chi connectivity index (χ1) is 18.1. The Bertz CT molecular complexity index is 1910. The quantitative estimate of drug-likeness (QED) is 0.198. The average molecular weight is 535 g/mol. The lowest BCUT2D eigenvalue weighted by atomic mass is 10.1. The molecule has 0 radical (unpaired) electrons. The molecular weight excluding hydrogens is 517 g/mol. The second kappa shape index (κ2) is 8.73. The Morgan fingerprint density at radius 2 is 1.26 bits per heavy atom. The van der Waals surface area contributed by atoms with E-state index in [1.165, 1.54) is 12.1 Å². The fraction of sp³-hybridized carbons (Fsp3) is 0.0370. The minimum absolute atomic E-state index is 0.0237. The van der Waals surface area contributed by atoms with E-state index >= 15 is 0 Å². The van der Waals surface area contributed by atoms with Crippen LogP contribution in [0.4, 0.5) is 13.2 Å². The molecule has 0 fully saturated rings. The summed E-state index contributed by atoms with van der Waals surface area (Å²) >= 11 is 0. The van der Waals surface area contributed by atoms with Crippen LogP contribution in [0.15, 0.2) is 66.7 Å². The predicted molar refractivity (Wildman–Crippen MR) is 140 cm³/mol. The summed E-state index contributed by atoms with van der Waals surface area (Å²) in [5.74, 6) is -0.500. The van der Waals surface area contributed by atoms with Crippen molar-refractivity contribution in [2.75, 3.05) is 0 Å². The fourth-order valence-corrected chi connectivity index (χ4v) is 4.63. The number of hydrogen-bond donors (Lipinski definition) is 2. The minimum atomic E-state index is -5.89. The third-order valence-electron chi connectivity index (χ3n) is 5.83. The van der Waals surface area contributed by atoms with Gasteiger partial charge in [-0.3, -0.25) is 0 Å². The van der Waals surface area contributed by atoms with Gasteiger partial charge in [0.15, 0.2) is 5.75 Å². The Labute approximate surface area is 214 Å². The number of hydrogen-bond acceptors (Lipinski definition) is 5. The molecular formula is C27H17F3N4O3S. The van der Waals surface area contributed by atoms with Crippen molar-refractivity contribution in [3.8, 4) is 16.9 Å². The summed E-state index contributed by atoms with van der Waals surface area (Å²) in [6.07, 6.45) is 7.24. The zero-order valence-electron chi connectivity index (χ0n) is 19.3.